The van der Waals surface area contributed by atoms with E-state index in [9.17, 15) is 0 Å². The SMILES string of the molecule is CCC(CC)C(CNCc1sccc1C)N1CCOCC1. The number of ether oxygens (including phenoxy) is 1. The molecular weight excluding hydrogens is 280 g/mol. The van der Waals surface area contributed by atoms with Gasteiger partial charge in [0.05, 0.1) is 13.2 Å². The van der Waals surface area contributed by atoms with Crippen LogP contribution in [0.25, 0.3) is 0 Å². The van der Waals surface area contributed by atoms with Gasteiger partial charge in [-0.05, 0) is 29.9 Å². The van der Waals surface area contributed by atoms with Gasteiger partial charge in [0.2, 0.25) is 0 Å². The van der Waals surface area contributed by atoms with Crippen LogP contribution in [0.15, 0.2) is 11.4 Å². The summed E-state index contributed by atoms with van der Waals surface area (Å²) in [5.74, 6) is 0.778. The highest BCUT2D eigenvalue weighted by Crippen LogP contribution is 2.20. The minimum absolute atomic E-state index is 0.643. The fourth-order valence-electron chi connectivity index (χ4n) is 3.25. The Morgan fingerprint density at radius 3 is 2.57 bits per heavy atom. The van der Waals surface area contributed by atoms with Crippen LogP contribution in [0, 0.1) is 12.8 Å². The fraction of sp³-hybridized carbons (Fsp3) is 0.765. The lowest BCUT2D eigenvalue weighted by molar-refractivity contribution is 0.00162. The van der Waals surface area contributed by atoms with E-state index in [0.29, 0.717) is 6.04 Å². The van der Waals surface area contributed by atoms with Crippen molar-refractivity contribution < 1.29 is 4.74 Å². The zero-order valence-corrected chi connectivity index (χ0v) is 14.5. The molecule has 1 aromatic rings. The standard InChI is InChI=1S/C17H30N2OS/c1-4-15(5-2)16(19-7-9-20-10-8-19)12-18-13-17-14(3)6-11-21-17/h6,11,15-16,18H,4-5,7-10,12-13H2,1-3H3. The van der Waals surface area contributed by atoms with E-state index in [1.54, 1.807) is 0 Å². The molecule has 0 aromatic carbocycles. The van der Waals surface area contributed by atoms with Gasteiger partial charge in [0, 0.05) is 37.1 Å². The summed E-state index contributed by atoms with van der Waals surface area (Å²) in [5.41, 5.74) is 1.41. The molecule has 1 aromatic heterocycles. The fourth-order valence-corrected chi connectivity index (χ4v) is 4.13. The van der Waals surface area contributed by atoms with Crippen molar-refractivity contribution in [1.29, 1.82) is 0 Å². The predicted molar refractivity (Wildman–Crippen MR) is 91.0 cm³/mol. The van der Waals surface area contributed by atoms with Gasteiger partial charge in [0.1, 0.15) is 0 Å². The molecular formula is C17H30N2OS. The summed E-state index contributed by atoms with van der Waals surface area (Å²) in [6.45, 7) is 12.9. The zero-order chi connectivity index (χ0) is 15.1. The highest BCUT2D eigenvalue weighted by Gasteiger charge is 2.26. The van der Waals surface area contributed by atoms with Gasteiger partial charge < -0.3 is 10.1 Å². The number of rotatable bonds is 8. The van der Waals surface area contributed by atoms with Crippen LogP contribution in [0.2, 0.25) is 0 Å². The molecule has 1 fully saturated rings. The van der Waals surface area contributed by atoms with Crippen molar-refractivity contribution in [2.45, 2.75) is 46.2 Å². The maximum Gasteiger partial charge on any atom is 0.0594 e. The average molecular weight is 311 g/mol. The van der Waals surface area contributed by atoms with E-state index in [-0.39, 0.29) is 0 Å². The Morgan fingerprint density at radius 2 is 2.00 bits per heavy atom. The van der Waals surface area contributed by atoms with Crippen LogP contribution in [0.3, 0.4) is 0 Å². The van der Waals surface area contributed by atoms with Gasteiger partial charge in [-0.15, -0.1) is 11.3 Å². The first-order chi connectivity index (χ1) is 10.3. The first-order valence-corrected chi connectivity index (χ1v) is 9.19. The molecule has 21 heavy (non-hydrogen) atoms. The first-order valence-electron chi connectivity index (χ1n) is 8.31. The van der Waals surface area contributed by atoms with E-state index in [0.717, 1.165) is 45.3 Å². The van der Waals surface area contributed by atoms with E-state index in [2.05, 4.69) is 42.4 Å². The number of thiophene rings is 1. The molecule has 1 aliphatic heterocycles. The van der Waals surface area contributed by atoms with Gasteiger partial charge in [-0.3, -0.25) is 4.90 Å². The van der Waals surface area contributed by atoms with Crippen molar-refractivity contribution >= 4 is 11.3 Å². The lowest BCUT2D eigenvalue weighted by Gasteiger charge is -2.39. The number of morpholine rings is 1. The zero-order valence-electron chi connectivity index (χ0n) is 13.7. The minimum Gasteiger partial charge on any atom is -0.379 e. The summed E-state index contributed by atoms with van der Waals surface area (Å²) in [5, 5.41) is 5.89. The molecule has 0 aliphatic carbocycles. The maximum absolute atomic E-state index is 5.52. The van der Waals surface area contributed by atoms with E-state index < -0.39 is 0 Å². The molecule has 3 nitrogen and oxygen atoms in total. The van der Waals surface area contributed by atoms with Crippen molar-refractivity contribution in [3.63, 3.8) is 0 Å². The quantitative estimate of drug-likeness (QED) is 0.797. The van der Waals surface area contributed by atoms with Crippen LogP contribution in [0.5, 0.6) is 0 Å². The lowest BCUT2D eigenvalue weighted by Crippen LogP contribution is -2.51. The molecule has 0 bridgehead atoms. The van der Waals surface area contributed by atoms with Crippen LogP contribution in [0.4, 0.5) is 0 Å². The Balaban J connectivity index is 1.90. The summed E-state index contributed by atoms with van der Waals surface area (Å²) >= 11 is 1.86. The average Bonchev–Trinajstić information content (AvgIpc) is 2.93. The summed E-state index contributed by atoms with van der Waals surface area (Å²) in [6, 6.07) is 2.85. The maximum atomic E-state index is 5.52. The molecule has 0 amide bonds. The second-order valence-electron chi connectivity index (χ2n) is 5.95. The minimum atomic E-state index is 0.643. The summed E-state index contributed by atoms with van der Waals surface area (Å²) in [7, 11) is 0. The summed E-state index contributed by atoms with van der Waals surface area (Å²) in [6.07, 6.45) is 2.52. The first kappa shape index (κ1) is 16.9. The smallest absolute Gasteiger partial charge is 0.0594 e. The third kappa shape index (κ3) is 4.78. The molecule has 120 valence electrons. The monoisotopic (exact) mass is 310 g/mol. The molecule has 0 spiro atoms. The Kier molecular flexibility index (Phi) is 7.17. The molecule has 1 aliphatic rings. The van der Waals surface area contributed by atoms with E-state index >= 15 is 0 Å². The summed E-state index contributed by atoms with van der Waals surface area (Å²) in [4.78, 5) is 4.11. The second kappa shape index (κ2) is 8.89. The third-order valence-electron chi connectivity index (χ3n) is 4.71. The van der Waals surface area contributed by atoms with Crippen molar-refractivity contribution in [2.24, 2.45) is 5.92 Å². The Labute approximate surface area is 133 Å². The Hall–Kier alpha value is -0.420. The molecule has 1 N–H and O–H groups in total. The molecule has 1 atom stereocenters. The van der Waals surface area contributed by atoms with Crippen molar-refractivity contribution in [3.05, 3.63) is 21.9 Å². The van der Waals surface area contributed by atoms with Crippen LogP contribution >= 0.6 is 11.3 Å². The number of hydrogen-bond donors (Lipinski definition) is 1. The van der Waals surface area contributed by atoms with Crippen molar-refractivity contribution in [2.75, 3.05) is 32.8 Å². The van der Waals surface area contributed by atoms with Crippen molar-refractivity contribution in [3.8, 4) is 0 Å². The van der Waals surface area contributed by atoms with Gasteiger partial charge in [-0.25, -0.2) is 0 Å². The number of hydrogen-bond acceptors (Lipinski definition) is 4. The lowest BCUT2D eigenvalue weighted by atomic mass is 9.92. The van der Waals surface area contributed by atoms with E-state index in [4.69, 9.17) is 4.74 Å². The third-order valence-corrected chi connectivity index (χ3v) is 5.74. The molecule has 1 unspecified atom stereocenters. The number of nitrogens with zero attached hydrogens (tertiary/aromatic N) is 1. The van der Waals surface area contributed by atoms with Crippen molar-refractivity contribution in [1.82, 2.24) is 10.2 Å². The van der Waals surface area contributed by atoms with Gasteiger partial charge >= 0.3 is 0 Å². The highest BCUT2D eigenvalue weighted by molar-refractivity contribution is 7.10. The highest BCUT2D eigenvalue weighted by atomic mass is 32.1. The van der Waals surface area contributed by atoms with Gasteiger partial charge in [0.25, 0.3) is 0 Å². The second-order valence-corrected chi connectivity index (χ2v) is 6.95. The largest absolute Gasteiger partial charge is 0.379 e. The van der Waals surface area contributed by atoms with Gasteiger partial charge in [-0.2, -0.15) is 0 Å². The Bertz CT molecular complexity index is 397. The molecule has 0 saturated carbocycles. The van der Waals surface area contributed by atoms with Crippen LogP contribution < -0.4 is 5.32 Å². The Morgan fingerprint density at radius 1 is 1.29 bits per heavy atom. The predicted octanol–water partition coefficient (Wildman–Crippen LogP) is 3.28. The molecule has 4 heteroatoms. The van der Waals surface area contributed by atoms with Gasteiger partial charge in [-0.1, -0.05) is 26.7 Å². The molecule has 2 rings (SSSR count). The summed E-state index contributed by atoms with van der Waals surface area (Å²) < 4.78 is 5.52. The molecule has 2 heterocycles. The molecule has 1 saturated heterocycles. The van der Waals surface area contributed by atoms with E-state index in [1.807, 2.05) is 11.3 Å². The molecule has 0 radical (unpaired) electrons. The van der Waals surface area contributed by atoms with Crippen LogP contribution in [0.1, 0.15) is 37.1 Å². The normalized spacial score (nSPS) is 18.3. The van der Waals surface area contributed by atoms with Crippen LogP contribution in [-0.4, -0.2) is 43.8 Å². The number of aryl methyl sites for hydroxylation is 1. The van der Waals surface area contributed by atoms with E-state index in [1.165, 1.54) is 23.3 Å². The van der Waals surface area contributed by atoms with Gasteiger partial charge in [0.15, 0.2) is 0 Å². The van der Waals surface area contributed by atoms with Crippen LogP contribution in [-0.2, 0) is 11.3 Å². The number of nitrogens with one attached hydrogen (secondary N) is 1. The topological polar surface area (TPSA) is 24.5 Å².